The van der Waals surface area contributed by atoms with Crippen molar-refractivity contribution in [1.29, 1.82) is 0 Å². The lowest BCUT2D eigenvalue weighted by atomic mass is 10.3. The molecule has 54 valence electrons. The van der Waals surface area contributed by atoms with Crippen molar-refractivity contribution in [3.63, 3.8) is 0 Å². The highest BCUT2D eigenvalue weighted by molar-refractivity contribution is 7.78. The lowest BCUT2D eigenvalue weighted by molar-refractivity contribution is 0.563. The minimum absolute atomic E-state index is 0.161. The van der Waals surface area contributed by atoms with E-state index in [2.05, 4.69) is 4.98 Å². The van der Waals surface area contributed by atoms with E-state index in [1.807, 2.05) is 0 Å². The summed E-state index contributed by atoms with van der Waals surface area (Å²) in [5, 5.41) is 0. The lowest BCUT2D eigenvalue weighted by Crippen LogP contribution is -1.92. The van der Waals surface area contributed by atoms with Gasteiger partial charge in [0, 0.05) is 12.4 Å². The molecule has 1 atom stereocenters. The van der Waals surface area contributed by atoms with Crippen LogP contribution in [0.3, 0.4) is 0 Å². The van der Waals surface area contributed by atoms with E-state index in [-0.39, 0.29) is 5.75 Å². The molecule has 0 amide bonds. The second-order valence-corrected chi connectivity index (χ2v) is 2.76. The first-order chi connectivity index (χ1) is 4.79. The zero-order chi connectivity index (χ0) is 7.40. The Labute approximate surface area is 61.4 Å². The molecule has 1 rings (SSSR count). The van der Waals surface area contributed by atoms with Gasteiger partial charge in [-0.1, -0.05) is 6.07 Å². The van der Waals surface area contributed by atoms with Gasteiger partial charge in [-0.25, -0.2) is 4.21 Å². The van der Waals surface area contributed by atoms with Crippen molar-refractivity contribution >= 4 is 11.1 Å². The van der Waals surface area contributed by atoms with Crippen LogP contribution in [0.5, 0.6) is 0 Å². The molecule has 1 N–H and O–H groups in total. The Morgan fingerprint density at radius 3 is 3.00 bits per heavy atom. The molecule has 0 spiro atoms. The van der Waals surface area contributed by atoms with E-state index in [1.54, 1.807) is 24.5 Å². The second-order valence-electron chi connectivity index (χ2n) is 1.83. The number of rotatable bonds is 2. The molecule has 0 saturated carbocycles. The molecular formula is C6H7NO2S. The molecule has 10 heavy (non-hydrogen) atoms. The van der Waals surface area contributed by atoms with E-state index in [0.717, 1.165) is 5.56 Å². The van der Waals surface area contributed by atoms with Crippen LogP contribution in [0.1, 0.15) is 5.56 Å². The van der Waals surface area contributed by atoms with Gasteiger partial charge in [-0.3, -0.25) is 4.98 Å². The predicted molar refractivity (Wildman–Crippen MR) is 38.7 cm³/mol. The molecule has 0 bridgehead atoms. The molecule has 1 aromatic heterocycles. The highest BCUT2D eigenvalue weighted by atomic mass is 32.2. The highest BCUT2D eigenvalue weighted by Crippen LogP contribution is 1.97. The molecule has 0 aromatic carbocycles. The van der Waals surface area contributed by atoms with Crippen molar-refractivity contribution in [2.24, 2.45) is 0 Å². The van der Waals surface area contributed by atoms with Gasteiger partial charge in [-0.05, 0) is 11.6 Å². The molecule has 1 heterocycles. The molecule has 4 heteroatoms. The van der Waals surface area contributed by atoms with E-state index < -0.39 is 11.1 Å². The third-order valence-electron chi connectivity index (χ3n) is 1.01. The van der Waals surface area contributed by atoms with E-state index in [9.17, 15) is 4.21 Å². The van der Waals surface area contributed by atoms with Gasteiger partial charge in [0.05, 0.1) is 5.75 Å². The molecule has 1 unspecified atom stereocenters. The Kier molecular flexibility index (Phi) is 2.53. The maximum Gasteiger partial charge on any atom is 0.157 e. The highest BCUT2D eigenvalue weighted by Gasteiger charge is 1.94. The Balaban J connectivity index is 2.67. The van der Waals surface area contributed by atoms with E-state index in [4.69, 9.17) is 4.55 Å². The molecule has 0 fully saturated rings. The first-order valence-corrected chi connectivity index (χ1v) is 4.03. The summed E-state index contributed by atoms with van der Waals surface area (Å²) in [6.07, 6.45) is 3.21. The topological polar surface area (TPSA) is 50.2 Å². The van der Waals surface area contributed by atoms with Gasteiger partial charge in [0.2, 0.25) is 0 Å². The lowest BCUT2D eigenvalue weighted by Gasteiger charge is -1.92. The van der Waals surface area contributed by atoms with Gasteiger partial charge in [0.25, 0.3) is 0 Å². The monoisotopic (exact) mass is 157 g/mol. The number of hydrogen-bond donors (Lipinski definition) is 1. The zero-order valence-corrected chi connectivity index (χ0v) is 6.04. The molecule has 3 nitrogen and oxygen atoms in total. The quantitative estimate of drug-likeness (QED) is 0.646. The molecule has 0 aliphatic carbocycles. The van der Waals surface area contributed by atoms with Gasteiger partial charge in [0.15, 0.2) is 11.1 Å². The summed E-state index contributed by atoms with van der Waals surface area (Å²) in [7, 11) is 0. The summed E-state index contributed by atoms with van der Waals surface area (Å²) in [6.45, 7) is 0. The summed E-state index contributed by atoms with van der Waals surface area (Å²) in [5.41, 5.74) is 0.781. The fourth-order valence-electron chi connectivity index (χ4n) is 0.626. The van der Waals surface area contributed by atoms with Crippen LogP contribution in [-0.2, 0) is 16.8 Å². The standard InChI is InChI=1S/C6H7NO2S/c8-10(9)5-6-2-1-3-7-4-6/h1-4H,5H2,(H,8,9). The summed E-state index contributed by atoms with van der Waals surface area (Å²) >= 11 is -1.76. The zero-order valence-electron chi connectivity index (χ0n) is 5.23. The summed E-state index contributed by atoms with van der Waals surface area (Å²) in [6, 6.07) is 3.50. The maximum absolute atomic E-state index is 10.3. The minimum Gasteiger partial charge on any atom is -0.306 e. The van der Waals surface area contributed by atoms with Gasteiger partial charge in [-0.15, -0.1) is 0 Å². The average molecular weight is 157 g/mol. The normalized spacial score (nSPS) is 12.9. The SMILES string of the molecule is O=S(O)Cc1cccnc1. The Bertz CT molecular complexity index is 224. The summed E-state index contributed by atoms with van der Waals surface area (Å²) in [5.74, 6) is 0.161. The molecule has 1 aromatic rings. The van der Waals surface area contributed by atoms with Gasteiger partial charge in [0.1, 0.15) is 0 Å². The maximum atomic E-state index is 10.3. The van der Waals surface area contributed by atoms with Crippen LogP contribution in [0.25, 0.3) is 0 Å². The van der Waals surface area contributed by atoms with E-state index >= 15 is 0 Å². The fraction of sp³-hybridized carbons (Fsp3) is 0.167. The second kappa shape index (κ2) is 3.43. The van der Waals surface area contributed by atoms with Crippen LogP contribution >= 0.6 is 0 Å². The van der Waals surface area contributed by atoms with E-state index in [0.29, 0.717) is 0 Å². The molecule has 0 aliphatic rings. The average Bonchev–Trinajstić information content (AvgIpc) is 1.88. The van der Waals surface area contributed by atoms with Crippen molar-refractivity contribution in [3.05, 3.63) is 30.1 Å². The Morgan fingerprint density at radius 2 is 2.50 bits per heavy atom. The number of hydrogen-bond acceptors (Lipinski definition) is 2. The van der Waals surface area contributed by atoms with Crippen LogP contribution in [0.15, 0.2) is 24.5 Å². The van der Waals surface area contributed by atoms with Crippen LogP contribution < -0.4 is 0 Å². The molecule has 0 saturated heterocycles. The third kappa shape index (κ3) is 2.24. The Hall–Kier alpha value is -0.740. The van der Waals surface area contributed by atoms with Crippen molar-refractivity contribution < 1.29 is 8.76 Å². The predicted octanol–water partition coefficient (Wildman–Crippen LogP) is 0.803. The van der Waals surface area contributed by atoms with Gasteiger partial charge < -0.3 is 4.55 Å². The van der Waals surface area contributed by atoms with Crippen LogP contribution in [0.2, 0.25) is 0 Å². The third-order valence-corrected chi connectivity index (χ3v) is 1.59. The molecule has 0 radical (unpaired) electrons. The minimum atomic E-state index is -1.76. The van der Waals surface area contributed by atoms with Crippen LogP contribution in [-0.4, -0.2) is 13.7 Å². The number of pyridine rings is 1. The molecular weight excluding hydrogens is 150 g/mol. The van der Waals surface area contributed by atoms with Crippen molar-refractivity contribution in [2.75, 3.05) is 0 Å². The van der Waals surface area contributed by atoms with Crippen LogP contribution in [0, 0.1) is 0 Å². The van der Waals surface area contributed by atoms with Crippen LogP contribution in [0.4, 0.5) is 0 Å². The van der Waals surface area contributed by atoms with Crippen molar-refractivity contribution in [1.82, 2.24) is 4.98 Å². The first kappa shape index (κ1) is 7.37. The fourth-order valence-corrected chi connectivity index (χ4v) is 1.08. The van der Waals surface area contributed by atoms with Gasteiger partial charge >= 0.3 is 0 Å². The largest absolute Gasteiger partial charge is 0.306 e. The Morgan fingerprint density at radius 1 is 1.70 bits per heavy atom. The molecule has 0 aliphatic heterocycles. The smallest absolute Gasteiger partial charge is 0.157 e. The van der Waals surface area contributed by atoms with Gasteiger partial charge in [-0.2, -0.15) is 0 Å². The van der Waals surface area contributed by atoms with Crippen molar-refractivity contribution in [3.8, 4) is 0 Å². The summed E-state index contributed by atoms with van der Waals surface area (Å²) < 4.78 is 18.7. The summed E-state index contributed by atoms with van der Waals surface area (Å²) in [4.78, 5) is 3.79. The first-order valence-electron chi connectivity index (χ1n) is 2.75. The van der Waals surface area contributed by atoms with E-state index in [1.165, 1.54) is 0 Å². The number of aromatic nitrogens is 1. The van der Waals surface area contributed by atoms with Crippen molar-refractivity contribution in [2.45, 2.75) is 5.75 Å². The number of nitrogens with zero attached hydrogens (tertiary/aromatic N) is 1.